The summed E-state index contributed by atoms with van der Waals surface area (Å²) in [5, 5.41) is 2.69. The van der Waals surface area contributed by atoms with Crippen LogP contribution in [0.15, 0.2) is 16.7 Å². The highest BCUT2D eigenvalue weighted by Gasteiger charge is 2.39. The van der Waals surface area contributed by atoms with Gasteiger partial charge in [0.2, 0.25) is 0 Å². The fraction of sp³-hybridized carbons (Fsp3) is 0.444. The molecule has 1 heterocycles. The van der Waals surface area contributed by atoms with Crippen LogP contribution in [0.25, 0.3) is 0 Å². The molecule has 2 rings (SSSR count). The van der Waals surface area contributed by atoms with Crippen LogP contribution < -0.4 is 11.1 Å². The van der Waals surface area contributed by atoms with Gasteiger partial charge in [-0.2, -0.15) is 13.2 Å². The molecule has 7 heteroatoms. The third-order valence-corrected chi connectivity index (χ3v) is 2.76. The van der Waals surface area contributed by atoms with Gasteiger partial charge in [-0.05, 0) is 28.4 Å². The van der Waals surface area contributed by atoms with E-state index in [1.54, 1.807) is 0 Å². The van der Waals surface area contributed by atoms with Gasteiger partial charge in [-0.1, -0.05) is 0 Å². The van der Waals surface area contributed by atoms with Crippen LogP contribution in [0.3, 0.4) is 0 Å². The van der Waals surface area contributed by atoms with Gasteiger partial charge in [-0.25, -0.2) is 4.98 Å². The van der Waals surface area contributed by atoms with Gasteiger partial charge in [0.1, 0.15) is 5.82 Å². The number of nitrogens with zero attached hydrogens (tertiary/aromatic N) is 1. The second kappa shape index (κ2) is 3.89. The molecule has 0 bridgehead atoms. The number of pyridine rings is 1. The van der Waals surface area contributed by atoms with E-state index in [4.69, 9.17) is 5.73 Å². The second-order valence-corrected chi connectivity index (χ2v) is 4.61. The zero-order chi connectivity index (χ0) is 11.9. The summed E-state index contributed by atoms with van der Waals surface area (Å²) in [6, 6.07) is 0.824. The van der Waals surface area contributed by atoms with Crippen molar-refractivity contribution < 1.29 is 13.2 Å². The van der Waals surface area contributed by atoms with E-state index in [9.17, 15) is 13.2 Å². The molecule has 1 aliphatic rings. The van der Waals surface area contributed by atoms with Crippen LogP contribution in [0, 0.1) is 0 Å². The standard InChI is InChI=1S/C9H9BrF3N3/c10-4-1-5(9(11,12)13)8(15-3-4)16-7-2-6(7)14/h1,3,6-7H,2,14H2,(H,15,16). The molecule has 2 unspecified atom stereocenters. The lowest BCUT2D eigenvalue weighted by Gasteiger charge is -2.13. The Labute approximate surface area is 98.4 Å². The van der Waals surface area contributed by atoms with Crippen molar-refractivity contribution in [3.8, 4) is 0 Å². The number of nitrogens with one attached hydrogen (secondary N) is 1. The summed E-state index contributed by atoms with van der Waals surface area (Å²) in [6.45, 7) is 0. The number of nitrogens with two attached hydrogens (primary N) is 1. The van der Waals surface area contributed by atoms with Gasteiger partial charge in [0.15, 0.2) is 0 Å². The molecule has 1 aliphatic carbocycles. The monoisotopic (exact) mass is 295 g/mol. The summed E-state index contributed by atoms with van der Waals surface area (Å²) < 4.78 is 38.3. The van der Waals surface area contributed by atoms with E-state index in [0.29, 0.717) is 10.9 Å². The van der Waals surface area contributed by atoms with E-state index in [0.717, 1.165) is 6.07 Å². The lowest BCUT2D eigenvalue weighted by atomic mass is 10.2. The van der Waals surface area contributed by atoms with E-state index >= 15 is 0 Å². The Bertz CT molecular complexity index is 407. The van der Waals surface area contributed by atoms with Crippen molar-refractivity contribution in [3.05, 3.63) is 22.3 Å². The van der Waals surface area contributed by atoms with Crippen molar-refractivity contribution in [1.82, 2.24) is 4.98 Å². The largest absolute Gasteiger partial charge is 0.419 e. The van der Waals surface area contributed by atoms with Crippen molar-refractivity contribution in [3.63, 3.8) is 0 Å². The minimum atomic E-state index is -4.42. The van der Waals surface area contributed by atoms with Crippen molar-refractivity contribution in [2.75, 3.05) is 5.32 Å². The Balaban J connectivity index is 2.29. The maximum Gasteiger partial charge on any atom is 0.419 e. The number of rotatable bonds is 2. The molecule has 0 saturated heterocycles. The molecule has 3 N–H and O–H groups in total. The molecular weight excluding hydrogens is 287 g/mol. The second-order valence-electron chi connectivity index (χ2n) is 3.70. The van der Waals surface area contributed by atoms with Crippen molar-refractivity contribution in [2.24, 2.45) is 5.73 Å². The first-order chi connectivity index (χ1) is 7.38. The maximum atomic E-state index is 12.7. The lowest BCUT2D eigenvalue weighted by molar-refractivity contribution is -0.137. The fourth-order valence-corrected chi connectivity index (χ4v) is 1.66. The number of anilines is 1. The fourth-order valence-electron chi connectivity index (χ4n) is 1.33. The van der Waals surface area contributed by atoms with Gasteiger partial charge in [-0.15, -0.1) is 0 Å². The quantitative estimate of drug-likeness (QED) is 0.881. The lowest BCUT2D eigenvalue weighted by Crippen LogP contribution is -2.18. The van der Waals surface area contributed by atoms with Gasteiger partial charge in [0.25, 0.3) is 0 Å². The summed E-state index contributed by atoms with van der Waals surface area (Å²) in [7, 11) is 0. The highest BCUT2D eigenvalue weighted by molar-refractivity contribution is 9.10. The Kier molecular flexibility index (Phi) is 2.83. The summed E-state index contributed by atoms with van der Waals surface area (Å²) in [5.74, 6) is -0.159. The van der Waals surface area contributed by atoms with Crippen LogP contribution in [0.1, 0.15) is 12.0 Å². The number of alkyl halides is 3. The van der Waals surface area contributed by atoms with E-state index < -0.39 is 11.7 Å². The smallest absolute Gasteiger partial charge is 0.365 e. The molecule has 1 aromatic heterocycles. The molecule has 16 heavy (non-hydrogen) atoms. The molecular formula is C9H9BrF3N3. The maximum absolute atomic E-state index is 12.7. The number of halogens is 4. The van der Waals surface area contributed by atoms with Crippen LogP contribution in [0.2, 0.25) is 0 Å². The first-order valence-corrected chi connectivity index (χ1v) is 5.42. The summed E-state index contributed by atoms with van der Waals surface area (Å²) in [4.78, 5) is 3.73. The van der Waals surface area contributed by atoms with Crippen LogP contribution in [-0.2, 0) is 6.18 Å². The van der Waals surface area contributed by atoms with E-state index in [1.807, 2.05) is 0 Å². The summed E-state index contributed by atoms with van der Waals surface area (Å²) in [6.07, 6.45) is -2.42. The van der Waals surface area contributed by atoms with Crippen LogP contribution in [0.5, 0.6) is 0 Å². The van der Waals surface area contributed by atoms with E-state index in [1.165, 1.54) is 6.20 Å². The number of hydrogen-bond acceptors (Lipinski definition) is 3. The van der Waals surface area contributed by atoms with E-state index in [2.05, 4.69) is 26.2 Å². The highest BCUT2D eigenvalue weighted by Crippen LogP contribution is 2.36. The Morgan fingerprint density at radius 1 is 1.50 bits per heavy atom. The normalized spacial score (nSPS) is 24.3. The molecule has 1 fully saturated rings. The topological polar surface area (TPSA) is 50.9 Å². The molecule has 0 spiro atoms. The molecule has 88 valence electrons. The third-order valence-electron chi connectivity index (χ3n) is 2.32. The van der Waals surface area contributed by atoms with Gasteiger partial charge >= 0.3 is 6.18 Å². The Morgan fingerprint density at radius 3 is 2.62 bits per heavy atom. The van der Waals surface area contributed by atoms with Crippen molar-refractivity contribution >= 4 is 21.7 Å². The molecule has 0 radical (unpaired) electrons. The van der Waals surface area contributed by atoms with Gasteiger partial charge < -0.3 is 11.1 Å². The van der Waals surface area contributed by atoms with Crippen molar-refractivity contribution in [2.45, 2.75) is 24.7 Å². The molecule has 0 aromatic carbocycles. The molecule has 0 amide bonds. The SMILES string of the molecule is NC1CC1Nc1ncc(Br)cc1C(F)(F)F. The molecule has 2 atom stereocenters. The molecule has 1 aromatic rings. The molecule has 0 aliphatic heterocycles. The minimum absolute atomic E-state index is 0.0773. The zero-order valence-corrected chi connectivity index (χ0v) is 9.64. The zero-order valence-electron chi connectivity index (χ0n) is 8.05. The number of aromatic nitrogens is 1. The molecule has 1 saturated carbocycles. The summed E-state index contributed by atoms with van der Waals surface area (Å²) in [5.41, 5.74) is 4.75. The predicted molar refractivity (Wildman–Crippen MR) is 56.9 cm³/mol. The van der Waals surface area contributed by atoms with Crippen LogP contribution in [0.4, 0.5) is 19.0 Å². The Morgan fingerprint density at radius 2 is 2.12 bits per heavy atom. The first kappa shape index (κ1) is 11.7. The van der Waals surface area contributed by atoms with Gasteiger partial charge in [0, 0.05) is 22.8 Å². The average molecular weight is 296 g/mol. The first-order valence-electron chi connectivity index (χ1n) is 4.63. The average Bonchev–Trinajstić information content (AvgIpc) is 2.83. The van der Waals surface area contributed by atoms with Crippen molar-refractivity contribution in [1.29, 1.82) is 0 Å². The van der Waals surface area contributed by atoms with Crippen LogP contribution in [-0.4, -0.2) is 17.1 Å². The van der Waals surface area contributed by atoms with E-state index in [-0.39, 0.29) is 17.9 Å². The van der Waals surface area contributed by atoms with Crippen LogP contribution >= 0.6 is 15.9 Å². The third kappa shape index (κ3) is 2.46. The minimum Gasteiger partial charge on any atom is -0.365 e. The highest BCUT2D eigenvalue weighted by atomic mass is 79.9. The Hall–Kier alpha value is -0.820. The molecule has 3 nitrogen and oxygen atoms in total. The summed E-state index contributed by atoms with van der Waals surface area (Å²) >= 11 is 2.97. The van der Waals surface area contributed by atoms with Gasteiger partial charge in [0.05, 0.1) is 5.56 Å². The van der Waals surface area contributed by atoms with Gasteiger partial charge in [-0.3, -0.25) is 0 Å². The predicted octanol–water partition coefficient (Wildman–Crippen LogP) is 2.37. The number of hydrogen-bond donors (Lipinski definition) is 2.